The number of benzene rings is 1. The maximum absolute atomic E-state index is 10.8. The lowest BCUT2D eigenvalue weighted by Crippen LogP contribution is -2.31. The van der Waals surface area contributed by atoms with Gasteiger partial charge in [-0.1, -0.05) is 12.5 Å². The summed E-state index contributed by atoms with van der Waals surface area (Å²) in [5.74, 6) is -0.280. The van der Waals surface area contributed by atoms with Crippen molar-refractivity contribution in [1.82, 2.24) is 4.90 Å². The minimum atomic E-state index is -0.918. The van der Waals surface area contributed by atoms with Gasteiger partial charge in [0, 0.05) is 6.54 Å². The van der Waals surface area contributed by atoms with Crippen LogP contribution in [0.5, 0.6) is 5.75 Å². The molecule has 4 heteroatoms. The lowest BCUT2D eigenvalue weighted by molar-refractivity contribution is 0.0696. The number of aromatic carboxylic acids is 1. The molecule has 0 aliphatic carbocycles. The fourth-order valence-corrected chi connectivity index (χ4v) is 2.38. The van der Waals surface area contributed by atoms with Crippen molar-refractivity contribution in [3.8, 4) is 5.75 Å². The first-order chi connectivity index (χ1) is 9.25. The topological polar surface area (TPSA) is 49.8 Å². The first-order valence-electron chi connectivity index (χ1n) is 6.94. The minimum absolute atomic E-state index is 0.272. The summed E-state index contributed by atoms with van der Waals surface area (Å²) in [6.07, 6.45) is 4.95. The Morgan fingerprint density at radius 2 is 2.05 bits per heavy atom. The normalized spacial score (nSPS) is 16.2. The molecule has 2 rings (SSSR count). The van der Waals surface area contributed by atoms with E-state index in [1.807, 2.05) is 0 Å². The average Bonchev–Trinajstić information content (AvgIpc) is 2.45. The maximum Gasteiger partial charge on any atom is 0.335 e. The van der Waals surface area contributed by atoms with Crippen LogP contribution in [0.3, 0.4) is 0 Å². The molecule has 1 aliphatic heterocycles. The summed E-state index contributed by atoms with van der Waals surface area (Å²) in [7, 11) is 0. The second kappa shape index (κ2) is 7.14. The molecule has 1 aromatic rings. The largest absolute Gasteiger partial charge is 0.494 e. The van der Waals surface area contributed by atoms with E-state index >= 15 is 0 Å². The second-order valence-electron chi connectivity index (χ2n) is 4.94. The van der Waals surface area contributed by atoms with Gasteiger partial charge in [0.1, 0.15) is 5.75 Å². The highest BCUT2D eigenvalue weighted by molar-refractivity contribution is 5.87. The first-order valence-corrected chi connectivity index (χ1v) is 6.94. The fraction of sp³-hybridized carbons (Fsp3) is 0.533. The summed E-state index contributed by atoms with van der Waals surface area (Å²) in [4.78, 5) is 13.3. The lowest BCUT2D eigenvalue weighted by atomic mass is 10.1. The van der Waals surface area contributed by atoms with Crippen LogP contribution in [-0.2, 0) is 0 Å². The van der Waals surface area contributed by atoms with Crippen molar-refractivity contribution < 1.29 is 14.6 Å². The third kappa shape index (κ3) is 4.56. The molecule has 0 spiro atoms. The van der Waals surface area contributed by atoms with E-state index in [0.29, 0.717) is 12.4 Å². The van der Waals surface area contributed by atoms with Crippen LogP contribution in [0.4, 0.5) is 0 Å². The Hall–Kier alpha value is -1.55. The Morgan fingerprint density at radius 3 is 2.79 bits per heavy atom. The van der Waals surface area contributed by atoms with Crippen molar-refractivity contribution >= 4 is 5.97 Å². The predicted octanol–water partition coefficient (Wildman–Crippen LogP) is 2.64. The van der Waals surface area contributed by atoms with Crippen LogP contribution in [0.2, 0.25) is 0 Å². The molecule has 1 fully saturated rings. The van der Waals surface area contributed by atoms with Crippen LogP contribution in [0.15, 0.2) is 24.3 Å². The van der Waals surface area contributed by atoms with E-state index < -0.39 is 5.97 Å². The van der Waals surface area contributed by atoms with Gasteiger partial charge in [0.05, 0.1) is 12.2 Å². The average molecular weight is 263 g/mol. The van der Waals surface area contributed by atoms with Crippen molar-refractivity contribution in [3.63, 3.8) is 0 Å². The van der Waals surface area contributed by atoms with E-state index in [4.69, 9.17) is 9.84 Å². The molecule has 1 heterocycles. The number of ether oxygens (including phenoxy) is 1. The molecule has 4 nitrogen and oxygen atoms in total. The Kier molecular flexibility index (Phi) is 5.21. The zero-order chi connectivity index (χ0) is 13.5. The van der Waals surface area contributed by atoms with Gasteiger partial charge in [0.2, 0.25) is 0 Å². The van der Waals surface area contributed by atoms with E-state index in [1.54, 1.807) is 24.3 Å². The summed E-state index contributed by atoms with van der Waals surface area (Å²) < 4.78 is 5.60. The Balaban J connectivity index is 1.70. The minimum Gasteiger partial charge on any atom is -0.494 e. The van der Waals surface area contributed by atoms with Gasteiger partial charge in [-0.15, -0.1) is 0 Å². The SMILES string of the molecule is O=C(O)c1cccc(OCCCN2CCCCC2)c1. The van der Waals surface area contributed by atoms with Gasteiger partial charge in [-0.2, -0.15) is 0 Å². The monoisotopic (exact) mass is 263 g/mol. The van der Waals surface area contributed by atoms with Crippen LogP contribution >= 0.6 is 0 Å². The van der Waals surface area contributed by atoms with E-state index in [0.717, 1.165) is 13.0 Å². The standard InChI is InChI=1S/C15H21NO3/c17-15(18)13-6-4-7-14(12-13)19-11-5-10-16-8-2-1-3-9-16/h4,6-7,12H,1-3,5,8-11H2,(H,17,18). The molecule has 19 heavy (non-hydrogen) atoms. The van der Waals surface area contributed by atoms with Crippen LogP contribution in [-0.4, -0.2) is 42.2 Å². The van der Waals surface area contributed by atoms with Crippen LogP contribution in [0.25, 0.3) is 0 Å². The summed E-state index contributed by atoms with van der Waals surface area (Å²) in [5.41, 5.74) is 0.272. The summed E-state index contributed by atoms with van der Waals surface area (Å²) in [6.45, 7) is 4.11. The number of nitrogens with zero attached hydrogens (tertiary/aromatic N) is 1. The Bertz CT molecular complexity index is 414. The molecule has 0 radical (unpaired) electrons. The third-order valence-electron chi connectivity index (χ3n) is 3.42. The van der Waals surface area contributed by atoms with E-state index in [-0.39, 0.29) is 5.56 Å². The number of piperidine rings is 1. The van der Waals surface area contributed by atoms with E-state index in [1.165, 1.54) is 32.4 Å². The Morgan fingerprint density at radius 1 is 1.26 bits per heavy atom. The molecule has 0 aromatic heterocycles. The quantitative estimate of drug-likeness (QED) is 0.802. The van der Waals surface area contributed by atoms with Gasteiger partial charge in [-0.05, 0) is 50.6 Å². The second-order valence-corrected chi connectivity index (χ2v) is 4.94. The maximum atomic E-state index is 10.8. The van der Waals surface area contributed by atoms with Gasteiger partial charge >= 0.3 is 5.97 Å². The van der Waals surface area contributed by atoms with Crippen molar-refractivity contribution in [2.45, 2.75) is 25.7 Å². The molecular weight excluding hydrogens is 242 g/mol. The number of rotatable bonds is 6. The number of likely N-dealkylation sites (tertiary alicyclic amines) is 1. The van der Waals surface area contributed by atoms with Crippen molar-refractivity contribution in [2.24, 2.45) is 0 Å². The molecular formula is C15H21NO3. The van der Waals surface area contributed by atoms with Crippen LogP contribution in [0, 0.1) is 0 Å². The molecule has 0 bridgehead atoms. The smallest absolute Gasteiger partial charge is 0.335 e. The van der Waals surface area contributed by atoms with Gasteiger partial charge in [0.25, 0.3) is 0 Å². The Labute approximate surface area is 114 Å². The molecule has 1 aliphatic rings. The summed E-state index contributed by atoms with van der Waals surface area (Å²) >= 11 is 0. The first kappa shape index (κ1) is 13.9. The molecule has 0 atom stereocenters. The molecule has 1 N–H and O–H groups in total. The highest BCUT2D eigenvalue weighted by Gasteiger charge is 2.09. The van der Waals surface area contributed by atoms with Gasteiger partial charge in [0.15, 0.2) is 0 Å². The van der Waals surface area contributed by atoms with Gasteiger partial charge < -0.3 is 14.7 Å². The highest BCUT2D eigenvalue weighted by atomic mass is 16.5. The molecule has 0 unspecified atom stereocenters. The summed E-state index contributed by atoms with van der Waals surface area (Å²) in [5, 5.41) is 8.89. The number of carbonyl (C=O) groups is 1. The number of carboxylic acid groups (broad SMARTS) is 1. The highest BCUT2D eigenvalue weighted by Crippen LogP contribution is 2.14. The number of hydrogen-bond acceptors (Lipinski definition) is 3. The fourth-order valence-electron chi connectivity index (χ4n) is 2.38. The molecule has 0 amide bonds. The van der Waals surface area contributed by atoms with Gasteiger partial charge in [-0.3, -0.25) is 0 Å². The van der Waals surface area contributed by atoms with Crippen molar-refractivity contribution in [1.29, 1.82) is 0 Å². The number of carboxylic acids is 1. The van der Waals surface area contributed by atoms with E-state index in [2.05, 4.69) is 4.90 Å². The zero-order valence-corrected chi connectivity index (χ0v) is 11.2. The molecule has 1 saturated heterocycles. The van der Waals surface area contributed by atoms with Crippen LogP contribution in [0.1, 0.15) is 36.0 Å². The van der Waals surface area contributed by atoms with Crippen LogP contribution < -0.4 is 4.74 Å². The van der Waals surface area contributed by atoms with E-state index in [9.17, 15) is 4.79 Å². The molecule has 1 aromatic carbocycles. The summed E-state index contributed by atoms with van der Waals surface area (Å²) in [6, 6.07) is 6.66. The predicted molar refractivity (Wildman–Crippen MR) is 73.8 cm³/mol. The number of hydrogen-bond donors (Lipinski definition) is 1. The molecule has 0 saturated carbocycles. The third-order valence-corrected chi connectivity index (χ3v) is 3.42. The van der Waals surface area contributed by atoms with Gasteiger partial charge in [-0.25, -0.2) is 4.79 Å². The molecule has 104 valence electrons. The van der Waals surface area contributed by atoms with Crippen molar-refractivity contribution in [3.05, 3.63) is 29.8 Å². The van der Waals surface area contributed by atoms with Crippen molar-refractivity contribution in [2.75, 3.05) is 26.2 Å². The zero-order valence-electron chi connectivity index (χ0n) is 11.2. The lowest BCUT2D eigenvalue weighted by Gasteiger charge is -2.26.